The Hall–Kier alpha value is -2.12. The second-order valence-electron chi connectivity index (χ2n) is 6.48. The van der Waals surface area contributed by atoms with Crippen LogP contribution in [0.25, 0.3) is 0 Å². The van der Waals surface area contributed by atoms with E-state index in [0.717, 1.165) is 32.5 Å². The Morgan fingerprint density at radius 2 is 1.89 bits per heavy atom. The van der Waals surface area contributed by atoms with Gasteiger partial charge in [-0.05, 0) is 55.9 Å². The van der Waals surface area contributed by atoms with Gasteiger partial charge in [0.05, 0.1) is 23.7 Å². The topological polar surface area (TPSA) is 71.8 Å². The largest absolute Gasteiger partial charge is 0.497 e. The quantitative estimate of drug-likeness (QED) is 0.585. The van der Waals surface area contributed by atoms with Gasteiger partial charge in [-0.25, -0.2) is 0 Å². The number of benzene rings is 1. The summed E-state index contributed by atoms with van der Waals surface area (Å²) >= 11 is 0. The Morgan fingerprint density at radius 1 is 1.14 bits per heavy atom. The third-order valence-electron chi connectivity index (χ3n) is 4.47. The summed E-state index contributed by atoms with van der Waals surface area (Å²) in [5.41, 5.74) is 0. The zero-order chi connectivity index (χ0) is 20.4. The van der Waals surface area contributed by atoms with Gasteiger partial charge in [0.25, 0.3) is 5.91 Å². The maximum atomic E-state index is 12.5. The van der Waals surface area contributed by atoms with Crippen molar-refractivity contribution < 1.29 is 18.2 Å². The molecule has 0 aliphatic carbocycles. The fourth-order valence-electron chi connectivity index (χ4n) is 2.74. The molecular formula is C21H30N2O4S. The number of carbonyl (C=O) groups excluding carboxylic acids is 1. The highest BCUT2D eigenvalue weighted by molar-refractivity contribution is 7.84. The summed E-state index contributed by atoms with van der Waals surface area (Å²) in [5, 5.41) is 2.89. The van der Waals surface area contributed by atoms with E-state index in [9.17, 15) is 9.00 Å². The molecule has 154 valence electrons. The monoisotopic (exact) mass is 406 g/mol. The lowest BCUT2D eigenvalue weighted by Gasteiger charge is -2.19. The number of amides is 1. The molecule has 2 rings (SSSR count). The molecule has 0 aliphatic heterocycles. The maximum absolute atomic E-state index is 12.5. The summed E-state index contributed by atoms with van der Waals surface area (Å²) in [7, 11) is 0.341. The molecular weight excluding hydrogens is 376 g/mol. The Bertz CT molecular complexity index is 758. The first-order valence-electron chi connectivity index (χ1n) is 9.69. The molecule has 1 N–H and O–H groups in total. The Labute approximate surface area is 169 Å². The molecule has 0 bridgehead atoms. The number of ether oxygens (including phenoxy) is 1. The van der Waals surface area contributed by atoms with Crippen molar-refractivity contribution in [2.24, 2.45) is 0 Å². The highest BCUT2D eigenvalue weighted by Crippen LogP contribution is 2.18. The molecule has 1 heterocycles. The van der Waals surface area contributed by atoms with Gasteiger partial charge in [-0.2, -0.15) is 0 Å². The van der Waals surface area contributed by atoms with Crippen molar-refractivity contribution >= 4 is 16.7 Å². The van der Waals surface area contributed by atoms with Gasteiger partial charge >= 0.3 is 0 Å². The fourth-order valence-corrected chi connectivity index (χ4v) is 3.76. The molecule has 0 aliphatic rings. The highest BCUT2D eigenvalue weighted by atomic mass is 32.2. The molecule has 1 unspecified atom stereocenters. The van der Waals surface area contributed by atoms with Crippen molar-refractivity contribution in [1.82, 2.24) is 10.2 Å². The minimum Gasteiger partial charge on any atom is -0.497 e. The maximum Gasteiger partial charge on any atom is 0.287 e. The van der Waals surface area contributed by atoms with E-state index in [1.165, 1.54) is 0 Å². The van der Waals surface area contributed by atoms with Crippen molar-refractivity contribution in [3.05, 3.63) is 47.9 Å². The molecule has 0 saturated carbocycles. The van der Waals surface area contributed by atoms with Crippen molar-refractivity contribution in [3.63, 3.8) is 0 Å². The van der Waals surface area contributed by atoms with E-state index < -0.39 is 10.8 Å². The van der Waals surface area contributed by atoms with Crippen LogP contribution in [0.15, 0.2) is 45.7 Å². The molecule has 2 aromatic rings. The van der Waals surface area contributed by atoms with Crippen LogP contribution in [-0.4, -0.2) is 48.3 Å². The molecule has 0 radical (unpaired) electrons. The number of hydrogen-bond donors (Lipinski definition) is 1. The van der Waals surface area contributed by atoms with Crippen molar-refractivity contribution in [3.8, 4) is 5.75 Å². The van der Waals surface area contributed by atoms with Crippen LogP contribution in [-0.2, 0) is 16.6 Å². The average Bonchev–Trinajstić information content (AvgIpc) is 3.19. The second kappa shape index (κ2) is 11.7. The van der Waals surface area contributed by atoms with Gasteiger partial charge in [-0.3, -0.25) is 9.00 Å². The number of methoxy groups -OCH3 is 1. The third-order valence-corrected chi connectivity index (χ3v) is 5.81. The summed E-state index contributed by atoms with van der Waals surface area (Å²) in [4.78, 5) is 15.3. The van der Waals surface area contributed by atoms with Gasteiger partial charge < -0.3 is 19.4 Å². The minimum absolute atomic E-state index is 0.222. The normalized spacial score (nSPS) is 12.1. The third kappa shape index (κ3) is 6.80. The summed E-state index contributed by atoms with van der Waals surface area (Å²) < 4.78 is 23.2. The van der Waals surface area contributed by atoms with Crippen molar-refractivity contribution in [2.45, 2.75) is 37.3 Å². The molecule has 1 atom stereocenters. The van der Waals surface area contributed by atoms with Crippen LogP contribution in [0.2, 0.25) is 0 Å². The van der Waals surface area contributed by atoms with Gasteiger partial charge in [0.15, 0.2) is 5.76 Å². The summed E-state index contributed by atoms with van der Waals surface area (Å²) in [5.74, 6) is 1.47. The number of carbonyl (C=O) groups is 1. The number of nitrogens with zero attached hydrogens (tertiary/aromatic N) is 1. The Morgan fingerprint density at radius 3 is 2.54 bits per heavy atom. The average molecular weight is 407 g/mol. The lowest BCUT2D eigenvalue weighted by atomic mass is 10.3. The highest BCUT2D eigenvalue weighted by Gasteiger charge is 2.14. The number of nitrogens with one attached hydrogen (secondary N) is 1. The molecule has 1 aromatic heterocycles. The van der Waals surface area contributed by atoms with E-state index >= 15 is 0 Å². The molecule has 6 nitrogen and oxygen atoms in total. The zero-order valence-electron chi connectivity index (χ0n) is 16.9. The first-order chi connectivity index (χ1) is 13.6. The molecule has 1 amide bonds. The predicted octanol–water partition coefficient (Wildman–Crippen LogP) is 3.45. The Balaban J connectivity index is 1.83. The van der Waals surface area contributed by atoms with Crippen LogP contribution in [0.1, 0.15) is 43.0 Å². The number of hydrogen-bond acceptors (Lipinski definition) is 5. The summed E-state index contributed by atoms with van der Waals surface area (Å²) in [6, 6.07) is 10.4. The van der Waals surface area contributed by atoms with E-state index in [2.05, 4.69) is 24.1 Å². The van der Waals surface area contributed by atoms with E-state index in [1.807, 2.05) is 0 Å². The molecule has 7 heteroatoms. The Kier molecular flexibility index (Phi) is 9.23. The van der Waals surface area contributed by atoms with E-state index in [4.69, 9.17) is 9.15 Å². The SMILES string of the molecule is CCCCN(CC)CCNC(=O)c1ccc(CS(=O)c2ccc(OC)cc2)o1. The number of furan rings is 1. The smallest absolute Gasteiger partial charge is 0.287 e. The molecule has 0 spiro atoms. The number of rotatable bonds is 12. The van der Waals surface area contributed by atoms with E-state index in [-0.39, 0.29) is 17.4 Å². The summed E-state index contributed by atoms with van der Waals surface area (Å²) in [6.07, 6.45) is 2.32. The standard InChI is InChI=1S/C21H30N2O4S/c1-4-6-14-23(5-2)15-13-22-21(24)20-12-9-18(27-20)16-28(25)19-10-7-17(26-3)8-11-19/h7-12H,4-6,13-16H2,1-3H3,(H,22,24). The van der Waals surface area contributed by atoms with Crippen molar-refractivity contribution in [2.75, 3.05) is 33.3 Å². The lowest BCUT2D eigenvalue weighted by molar-refractivity contribution is 0.0919. The molecule has 0 saturated heterocycles. The lowest BCUT2D eigenvalue weighted by Crippen LogP contribution is -2.35. The van der Waals surface area contributed by atoms with E-state index in [0.29, 0.717) is 22.9 Å². The molecule has 28 heavy (non-hydrogen) atoms. The number of likely N-dealkylation sites (N-methyl/N-ethyl adjacent to an activating group) is 1. The fraction of sp³-hybridized carbons (Fsp3) is 0.476. The number of unbranched alkanes of at least 4 members (excludes halogenated alkanes) is 1. The van der Waals surface area contributed by atoms with Crippen LogP contribution in [0.5, 0.6) is 5.75 Å². The zero-order valence-corrected chi connectivity index (χ0v) is 17.7. The van der Waals surface area contributed by atoms with Crippen LogP contribution >= 0.6 is 0 Å². The van der Waals surface area contributed by atoms with Gasteiger partial charge in [0.2, 0.25) is 0 Å². The van der Waals surface area contributed by atoms with Gasteiger partial charge in [0, 0.05) is 18.0 Å². The molecule has 1 aromatic carbocycles. The second-order valence-corrected chi connectivity index (χ2v) is 7.93. The van der Waals surface area contributed by atoms with Gasteiger partial charge in [-0.15, -0.1) is 0 Å². The summed E-state index contributed by atoms with van der Waals surface area (Å²) in [6.45, 7) is 7.70. The van der Waals surface area contributed by atoms with Crippen LogP contribution < -0.4 is 10.1 Å². The van der Waals surface area contributed by atoms with Crippen LogP contribution in [0, 0.1) is 0 Å². The first kappa shape index (κ1) is 22.2. The van der Waals surface area contributed by atoms with Gasteiger partial charge in [-0.1, -0.05) is 20.3 Å². The minimum atomic E-state index is -1.25. The van der Waals surface area contributed by atoms with Crippen LogP contribution in [0.4, 0.5) is 0 Å². The van der Waals surface area contributed by atoms with Crippen molar-refractivity contribution in [1.29, 1.82) is 0 Å². The predicted molar refractivity (Wildman–Crippen MR) is 111 cm³/mol. The van der Waals surface area contributed by atoms with Crippen LogP contribution in [0.3, 0.4) is 0 Å². The first-order valence-corrected chi connectivity index (χ1v) is 11.0. The van der Waals surface area contributed by atoms with Gasteiger partial charge in [0.1, 0.15) is 11.5 Å². The molecule has 0 fully saturated rings. The van der Waals surface area contributed by atoms with E-state index in [1.54, 1.807) is 43.5 Å².